The maximum absolute atomic E-state index is 12.8. The zero-order chi connectivity index (χ0) is 16.7. The van der Waals surface area contributed by atoms with E-state index in [1.807, 2.05) is 48.5 Å². The fourth-order valence-electron chi connectivity index (χ4n) is 2.81. The minimum Gasteiger partial charge on any atom is -0.497 e. The molecule has 0 unspecified atom stereocenters. The third-order valence-corrected chi connectivity index (χ3v) is 4.31. The van der Waals surface area contributed by atoms with E-state index in [9.17, 15) is 4.79 Å². The van der Waals surface area contributed by atoms with Crippen molar-refractivity contribution in [1.82, 2.24) is 9.55 Å². The van der Waals surface area contributed by atoms with Gasteiger partial charge in [0.15, 0.2) is 4.77 Å². The number of aromatic amines is 1. The number of rotatable bonds is 3. The maximum Gasteiger partial charge on any atom is 0.298 e. The number of benzene rings is 2. The predicted octanol–water partition coefficient (Wildman–Crippen LogP) is 3.86. The van der Waals surface area contributed by atoms with Crippen LogP contribution in [0.5, 0.6) is 5.75 Å². The zero-order valence-electron chi connectivity index (χ0n) is 12.9. The minimum atomic E-state index is -0.243. The summed E-state index contributed by atoms with van der Waals surface area (Å²) in [6, 6.07) is 15.0. The van der Waals surface area contributed by atoms with Gasteiger partial charge in [0.1, 0.15) is 16.8 Å². The maximum atomic E-state index is 12.8. The van der Waals surface area contributed by atoms with Gasteiger partial charge in [-0.25, -0.2) is 0 Å². The van der Waals surface area contributed by atoms with Crippen molar-refractivity contribution in [3.63, 3.8) is 0 Å². The molecule has 0 saturated carbocycles. The summed E-state index contributed by atoms with van der Waals surface area (Å²) in [7, 11) is 1.61. The number of fused-ring (bicyclic) bond motifs is 3. The highest BCUT2D eigenvalue weighted by atomic mass is 32.1. The predicted molar refractivity (Wildman–Crippen MR) is 95.3 cm³/mol. The highest BCUT2D eigenvalue weighted by molar-refractivity contribution is 7.71. The lowest BCUT2D eigenvalue weighted by Gasteiger charge is -2.07. The number of aromatic nitrogens is 2. The summed E-state index contributed by atoms with van der Waals surface area (Å²) in [5, 5.41) is 0.851. The highest BCUT2D eigenvalue weighted by Gasteiger charge is 2.13. The van der Waals surface area contributed by atoms with Crippen LogP contribution in [-0.2, 0) is 6.54 Å². The van der Waals surface area contributed by atoms with Crippen LogP contribution in [0.3, 0.4) is 0 Å². The Hall–Kier alpha value is -2.86. The summed E-state index contributed by atoms with van der Waals surface area (Å²) in [5.41, 5.74) is 2.27. The van der Waals surface area contributed by atoms with Gasteiger partial charge in [-0.1, -0.05) is 24.3 Å². The number of H-pyrrole nitrogens is 1. The first-order chi connectivity index (χ1) is 11.7. The number of para-hydroxylation sites is 1. The molecule has 120 valence electrons. The molecule has 2 aromatic carbocycles. The van der Waals surface area contributed by atoms with Gasteiger partial charge in [-0.3, -0.25) is 9.36 Å². The fourth-order valence-corrected chi connectivity index (χ4v) is 3.06. The molecule has 2 aromatic heterocycles. The molecule has 0 fully saturated rings. The van der Waals surface area contributed by atoms with Crippen LogP contribution in [0.4, 0.5) is 0 Å². The van der Waals surface area contributed by atoms with Crippen LogP contribution in [-0.4, -0.2) is 16.7 Å². The second-order valence-corrected chi connectivity index (χ2v) is 5.86. The molecule has 4 aromatic rings. The van der Waals surface area contributed by atoms with Crippen molar-refractivity contribution in [1.29, 1.82) is 0 Å². The van der Waals surface area contributed by atoms with E-state index in [1.54, 1.807) is 7.11 Å². The van der Waals surface area contributed by atoms with Gasteiger partial charge in [-0.2, -0.15) is 0 Å². The number of nitrogens with one attached hydrogen (secondary N) is 1. The van der Waals surface area contributed by atoms with Crippen LogP contribution in [0.15, 0.2) is 57.7 Å². The molecule has 0 bridgehead atoms. The van der Waals surface area contributed by atoms with Crippen molar-refractivity contribution in [3.05, 3.63) is 69.2 Å². The Morgan fingerprint density at radius 2 is 2.04 bits per heavy atom. The Morgan fingerprint density at radius 3 is 2.88 bits per heavy atom. The largest absolute Gasteiger partial charge is 0.497 e. The van der Waals surface area contributed by atoms with Crippen molar-refractivity contribution in [2.75, 3.05) is 7.11 Å². The molecule has 6 heteroatoms. The summed E-state index contributed by atoms with van der Waals surface area (Å²) in [6.07, 6.45) is 0. The van der Waals surface area contributed by atoms with Crippen LogP contribution in [0.25, 0.3) is 22.1 Å². The summed E-state index contributed by atoms with van der Waals surface area (Å²) in [5.74, 6) is 0.736. The number of nitrogens with zero attached hydrogens (tertiary/aromatic N) is 1. The lowest BCUT2D eigenvalue weighted by molar-refractivity contribution is 0.414. The van der Waals surface area contributed by atoms with E-state index in [0.717, 1.165) is 16.7 Å². The zero-order valence-corrected chi connectivity index (χ0v) is 13.7. The van der Waals surface area contributed by atoms with Gasteiger partial charge >= 0.3 is 0 Å². The van der Waals surface area contributed by atoms with E-state index in [2.05, 4.69) is 4.98 Å². The number of hydrogen-bond donors (Lipinski definition) is 1. The first kappa shape index (κ1) is 14.7. The van der Waals surface area contributed by atoms with E-state index in [4.69, 9.17) is 21.4 Å². The molecule has 0 spiro atoms. The Balaban J connectivity index is 1.91. The smallest absolute Gasteiger partial charge is 0.298 e. The topological polar surface area (TPSA) is 60.2 Å². The first-order valence-electron chi connectivity index (χ1n) is 7.44. The molecule has 0 amide bonds. The molecule has 24 heavy (non-hydrogen) atoms. The normalized spacial score (nSPS) is 11.2. The number of methoxy groups -OCH3 is 1. The average Bonchev–Trinajstić information content (AvgIpc) is 2.98. The van der Waals surface area contributed by atoms with Crippen molar-refractivity contribution in [2.24, 2.45) is 0 Å². The van der Waals surface area contributed by atoms with E-state index < -0.39 is 0 Å². The molecule has 0 atom stereocenters. The monoisotopic (exact) mass is 338 g/mol. The first-order valence-corrected chi connectivity index (χ1v) is 7.85. The molecule has 1 N–H and O–H groups in total. The van der Waals surface area contributed by atoms with Crippen molar-refractivity contribution >= 4 is 34.3 Å². The quantitative estimate of drug-likeness (QED) is 0.576. The van der Waals surface area contributed by atoms with Gasteiger partial charge in [0.05, 0.1) is 13.7 Å². The standard InChI is InChI=1S/C18H14N2O3S/c1-22-12-6-4-5-11(9-12)10-20-17(21)16-15(19-18(20)24)13-7-2-3-8-14(13)23-16/h2-9H,10H2,1H3,(H,19,24). The number of hydrogen-bond acceptors (Lipinski definition) is 4. The van der Waals surface area contributed by atoms with E-state index in [-0.39, 0.29) is 11.1 Å². The average molecular weight is 338 g/mol. The summed E-state index contributed by atoms with van der Waals surface area (Å²) >= 11 is 5.39. The van der Waals surface area contributed by atoms with Crippen LogP contribution in [0, 0.1) is 4.77 Å². The Labute approximate surface area is 142 Å². The molecule has 5 nitrogen and oxygen atoms in total. The second kappa shape index (κ2) is 5.65. The summed E-state index contributed by atoms with van der Waals surface area (Å²) in [6.45, 7) is 0.346. The SMILES string of the molecule is COc1cccc(Cn2c(=S)[nH]c3c(oc4ccccc43)c2=O)c1. The molecule has 0 radical (unpaired) electrons. The summed E-state index contributed by atoms with van der Waals surface area (Å²) < 4.78 is 12.8. The van der Waals surface area contributed by atoms with Gasteiger partial charge in [0.2, 0.25) is 5.58 Å². The molecule has 2 heterocycles. The lowest BCUT2D eigenvalue weighted by Crippen LogP contribution is -2.22. The third-order valence-electron chi connectivity index (χ3n) is 3.99. The highest BCUT2D eigenvalue weighted by Crippen LogP contribution is 2.24. The number of furan rings is 1. The molecule has 0 aliphatic carbocycles. The molecular weight excluding hydrogens is 324 g/mol. The van der Waals surface area contributed by atoms with Crippen LogP contribution < -0.4 is 10.3 Å². The van der Waals surface area contributed by atoms with E-state index in [1.165, 1.54) is 4.57 Å². The minimum absolute atomic E-state index is 0.243. The van der Waals surface area contributed by atoms with Crippen LogP contribution >= 0.6 is 12.2 Å². The van der Waals surface area contributed by atoms with Crippen LogP contribution in [0.1, 0.15) is 5.56 Å². The molecular formula is C18H14N2O3S. The van der Waals surface area contributed by atoms with Gasteiger partial charge < -0.3 is 14.1 Å². The molecule has 4 rings (SSSR count). The number of ether oxygens (including phenoxy) is 1. The van der Waals surface area contributed by atoms with Crippen molar-refractivity contribution in [2.45, 2.75) is 6.54 Å². The third kappa shape index (κ3) is 2.32. The Morgan fingerprint density at radius 1 is 1.21 bits per heavy atom. The Bertz CT molecular complexity index is 1170. The van der Waals surface area contributed by atoms with E-state index in [0.29, 0.717) is 22.4 Å². The van der Waals surface area contributed by atoms with Gasteiger partial charge in [0.25, 0.3) is 5.56 Å². The summed E-state index contributed by atoms with van der Waals surface area (Å²) in [4.78, 5) is 16.0. The van der Waals surface area contributed by atoms with E-state index >= 15 is 0 Å². The Kier molecular flexibility index (Phi) is 3.46. The van der Waals surface area contributed by atoms with Gasteiger partial charge in [-0.15, -0.1) is 0 Å². The van der Waals surface area contributed by atoms with Crippen LogP contribution in [0.2, 0.25) is 0 Å². The fraction of sp³-hybridized carbons (Fsp3) is 0.111. The molecule has 0 aliphatic rings. The molecule has 0 saturated heterocycles. The molecule has 0 aliphatic heterocycles. The van der Waals surface area contributed by atoms with Gasteiger partial charge in [0, 0.05) is 5.39 Å². The van der Waals surface area contributed by atoms with Crippen molar-refractivity contribution < 1.29 is 9.15 Å². The second-order valence-electron chi connectivity index (χ2n) is 5.48. The van der Waals surface area contributed by atoms with Gasteiger partial charge in [-0.05, 0) is 42.0 Å². The van der Waals surface area contributed by atoms with Crippen molar-refractivity contribution in [3.8, 4) is 5.75 Å². The lowest BCUT2D eigenvalue weighted by atomic mass is 10.2.